The molecular formula is C31H34N2O4. The van der Waals surface area contributed by atoms with Crippen LogP contribution in [0.25, 0.3) is 33.6 Å². The molecule has 1 heterocycles. The molecule has 4 aromatic rings. The van der Waals surface area contributed by atoms with Crippen molar-refractivity contribution in [1.29, 1.82) is 0 Å². The van der Waals surface area contributed by atoms with Crippen LogP contribution in [0.3, 0.4) is 0 Å². The normalized spacial score (nSPS) is 10.6. The van der Waals surface area contributed by atoms with Gasteiger partial charge in [-0.25, -0.2) is 4.98 Å². The van der Waals surface area contributed by atoms with Gasteiger partial charge in [0.25, 0.3) is 0 Å². The molecule has 0 spiro atoms. The van der Waals surface area contributed by atoms with Crippen molar-refractivity contribution < 1.29 is 18.9 Å². The summed E-state index contributed by atoms with van der Waals surface area (Å²) in [6.07, 6.45) is 0. The third-order valence-corrected chi connectivity index (χ3v) is 6.52. The minimum Gasteiger partial charge on any atom is -0.497 e. The molecule has 6 nitrogen and oxygen atoms in total. The molecule has 192 valence electrons. The van der Waals surface area contributed by atoms with Crippen molar-refractivity contribution in [3.05, 3.63) is 72.8 Å². The molecule has 4 rings (SSSR count). The molecule has 3 aromatic carbocycles. The van der Waals surface area contributed by atoms with Crippen molar-refractivity contribution >= 4 is 5.69 Å². The number of pyridine rings is 1. The van der Waals surface area contributed by atoms with E-state index in [1.807, 2.05) is 36.4 Å². The highest BCUT2D eigenvalue weighted by Gasteiger charge is 2.16. The van der Waals surface area contributed by atoms with Crippen molar-refractivity contribution in [2.45, 2.75) is 13.8 Å². The summed E-state index contributed by atoms with van der Waals surface area (Å²) in [6, 6.07) is 24.4. The molecule has 0 bridgehead atoms. The quantitative estimate of drug-likeness (QED) is 0.236. The molecule has 0 saturated heterocycles. The Bertz CT molecular complexity index is 1270. The van der Waals surface area contributed by atoms with Crippen molar-refractivity contribution in [3.8, 4) is 56.6 Å². The SMILES string of the molecule is CCN(CC)c1ccc(-c2cc(-c3ccc(OC)cc3OC)nc(-c3ccc(OC)cc3OC)c2)cc1. The second-order valence-electron chi connectivity index (χ2n) is 8.48. The number of ether oxygens (including phenoxy) is 4. The predicted molar refractivity (Wildman–Crippen MR) is 150 cm³/mol. The molecule has 0 saturated carbocycles. The van der Waals surface area contributed by atoms with E-state index in [2.05, 4.69) is 55.1 Å². The zero-order valence-corrected chi connectivity index (χ0v) is 22.4. The van der Waals surface area contributed by atoms with E-state index in [9.17, 15) is 0 Å². The molecule has 0 fully saturated rings. The van der Waals surface area contributed by atoms with Crippen LogP contribution in [0.2, 0.25) is 0 Å². The first-order valence-electron chi connectivity index (χ1n) is 12.4. The van der Waals surface area contributed by atoms with Crippen molar-refractivity contribution in [3.63, 3.8) is 0 Å². The Morgan fingerprint density at radius 3 is 1.46 bits per heavy atom. The monoisotopic (exact) mass is 498 g/mol. The lowest BCUT2D eigenvalue weighted by Gasteiger charge is -2.21. The number of benzene rings is 3. The zero-order chi connectivity index (χ0) is 26.4. The molecule has 0 aliphatic rings. The molecule has 0 atom stereocenters. The summed E-state index contributed by atoms with van der Waals surface area (Å²) in [6.45, 7) is 6.27. The van der Waals surface area contributed by atoms with Crippen LogP contribution in [0, 0.1) is 0 Å². The van der Waals surface area contributed by atoms with Gasteiger partial charge in [0.1, 0.15) is 23.0 Å². The van der Waals surface area contributed by atoms with Gasteiger partial charge in [0.2, 0.25) is 0 Å². The second kappa shape index (κ2) is 11.7. The minimum atomic E-state index is 0.688. The third-order valence-electron chi connectivity index (χ3n) is 6.52. The molecule has 0 unspecified atom stereocenters. The van der Waals surface area contributed by atoms with Crippen LogP contribution in [0.15, 0.2) is 72.8 Å². The van der Waals surface area contributed by atoms with Crippen LogP contribution < -0.4 is 23.8 Å². The first-order chi connectivity index (χ1) is 18.0. The van der Waals surface area contributed by atoms with E-state index in [4.69, 9.17) is 23.9 Å². The van der Waals surface area contributed by atoms with Crippen LogP contribution >= 0.6 is 0 Å². The average molecular weight is 499 g/mol. The van der Waals surface area contributed by atoms with E-state index in [-0.39, 0.29) is 0 Å². The Morgan fingerprint density at radius 1 is 0.568 bits per heavy atom. The molecule has 1 aromatic heterocycles. The van der Waals surface area contributed by atoms with E-state index < -0.39 is 0 Å². The molecule has 0 N–H and O–H groups in total. The Balaban J connectivity index is 1.90. The Morgan fingerprint density at radius 2 is 1.05 bits per heavy atom. The third kappa shape index (κ3) is 5.48. The van der Waals surface area contributed by atoms with E-state index in [0.29, 0.717) is 11.5 Å². The van der Waals surface area contributed by atoms with Crippen molar-refractivity contribution in [2.24, 2.45) is 0 Å². The lowest BCUT2D eigenvalue weighted by molar-refractivity contribution is 0.395. The van der Waals surface area contributed by atoms with Crippen LogP contribution in [0.4, 0.5) is 5.69 Å². The van der Waals surface area contributed by atoms with Gasteiger partial charge in [-0.15, -0.1) is 0 Å². The first kappa shape index (κ1) is 25.9. The number of rotatable bonds is 10. The van der Waals surface area contributed by atoms with E-state index >= 15 is 0 Å². The van der Waals surface area contributed by atoms with Gasteiger partial charge in [-0.1, -0.05) is 12.1 Å². The molecule has 37 heavy (non-hydrogen) atoms. The molecule has 0 aliphatic heterocycles. The maximum absolute atomic E-state index is 5.71. The second-order valence-corrected chi connectivity index (χ2v) is 8.48. The van der Waals surface area contributed by atoms with Gasteiger partial charge < -0.3 is 23.8 Å². The molecular weight excluding hydrogens is 464 g/mol. The number of methoxy groups -OCH3 is 4. The lowest BCUT2D eigenvalue weighted by atomic mass is 9.99. The highest BCUT2D eigenvalue weighted by atomic mass is 16.5. The van der Waals surface area contributed by atoms with Gasteiger partial charge >= 0.3 is 0 Å². The summed E-state index contributed by atoms with van der Waals surface area (Å²) in [4.78, 5) is 7.38. The highest BCUT2D eigenvalue weighted by molar-refractivity contribution is 5.81. The fourth-order valence-corrected chi connectivity index (χ4v) is 4.45. The van der Waals surface area contributed by atoms with Gasteiger partial charge in [0.05, 0.1) is 39.8 Å². The lowest BCUT2D eigenvalue weighted by Crippen LogP contribution is -2.21. The predicted octanol–water partition coefficient (Wildman–Crippen LogP) is 6.96. The van der Waals surface area contributed by atoms with Crippen LogP contribution in [0.5, 0.6) is 23.0 Å². The minimum absolute atomic E-state index is 0.688. The fraction of sp³-hybridized carbons (Fsp3) is 0.258. The van der Waals surface area contributed by atoms with Gasteiger partial charge in [-0.3, -0.25) is 0 Å². The van der Waals surface area contributed by atoms with E-state index in [1.54, 1.807) is 28.4 Å². The highest BCUT2D eigenvalue weighted by Crippen LogP contribution is 2.39. The number of hydrogen-bond acceptors (Lipinski definition) is 6. The molecule has 0 amide bonds. The summed E-state index contributed by atoms with van der Waals surface area (Å²) in [7, 11) is 6.59. The van der Waals surface area contributed by atoms with E-state index in [0.717, 1.165) is 58.2 Å². The van der Waals surface area contributed by atoms with Gasteiger partial charge in [-0.05, 0) is 73.5 Å². The topological polar surface area (TPSA) is 53.1 Å². The first-order valence-corrected chi connectivity index (χ1v) is 12.4. The van der Waals surface area contributed by atoms with Crippen LogP contribution in [0.1, 0.15) is 13.8 Å². The summed E-state index contributed by atoms with van der Waals surface area (Å²) in [5, 5.41) is 0. The summed E-state index contributed by atoms with van der Waals surface area (Å²) < 4.78 is 22.2. The van der Waals surface area contributed by atoms with Gasteiger partial charge in [0.15, 0.2) is 0 Å². The van der Waals surface area contributed by atoms with Crippen LogP contribution in [-0.4, -0.2) is 46.5 Å². The number of anilines is 1. The summed E-state index contributed by atoms with van der Waals surface area (Å²) >= 11 is 0. The van der Waals surface area contributed by atoms with Crippen molar-refractivity contribution in [2.75, 3.05) is 46.4 Å². The average Bonchev–Trinajstić information content (AvgIpc) is 2.97. The Hall–Kier alpha value is -4.19. The molecule has 0 radical (unpaired) electrons. The number of hydrogen-bond donors (Lipinski definition) is 0. The largest absolute Gasteiger partial charge is 0.497 e. The smallest absolute Gasteiger partial charge is 0.131 e. The summed E-state index contributed by atoms with van der Waals surface area (Å²) in [5.41, 5.74) is 6.67. The Labute approximate surface area is 219 Å². The number of nitrogens with zero attached hydrogens (tertiary/aromatic N) is 2. The summed E-state index contributed by atoms with van der Waals surface area (Å²) in [5.74, 6) is 2.82. The standard InChI is InChI=1S/C31H34N2O4/c1-7-33(8-2)23-11-9-21(10-12-23)22-17-28(26-15-13-24(34-3)19-30(26)36-5)32-29(18-22)27-16-14-25(35-4)20-31(27)37-6/h9-20H,7-8H2,1-6H3. The maximum atomic E-state index is 5.71. The van der Waals surface area contributed by atoms with Gasteiger partial charge in [-0.2, -0.15) is 0 Å². The van der Waals surface area contributed by atoms with E-state index in [1.165, 1.54) is 5.69 Å². The fourth-order valence-electron chi connectivity index (χ4n) is 4.45. The van der Waals surface area contributed by atoms with Crippen LogP contribution in [-0.2, 0) is 0 Å². The maximum Gasteiger partial charge on any atom is 0.131 e. The molecule has 0 aliphatic carbocycles. The van der Waals surface area contributed by atoms with Gasteiger partial charge in [0, 0.05) is 42.0 Å². The number of aromatic nitrogens is 1. The molecule has 6 heteroatoms. The Kier molecular flexibility index (Phi) is 8.18. The zero-order valence-electron chi connectivity index (χ0n) is 22.4. The van der Waals surface area contributed by atoms with Crippen molar-refractivity contribution in [1.82, 2.24) is 4.98 Å².